The van der Waals surface area contributed by atoms with E-state index in [4.69, 9.17) is 0 Å². The summed E-state index contributed by atoms with van der Waals surface area (Å²) in [7, 11) is 0. The largest absolute Gasteiger partial charge is 0.342 e. The average molecular weight is 312 g/mol. The van der Waals surface area contributed by atoms with E-state index in [0.717, 1.165) is 38.8 Å². The molecule has 0 radical (unpaired) electrons. The summed E-state index contributed by atoms with van der Waals surface area (Å²) in [4.78, 5) is 19.1. The number of carbonyl (C=O) groups is 1. The van der Waals surface area contributed by atoms with Gasteiger partial charge in [0.15, 0.2) is 0 Å². The lowest BCUT2D eigenvalue weighted by atomic mass is 9.59. The number of rotatable bonds is 2. The van der Waals surface area contributed by atoms with Crippen molar-refractivity contribution in [2.75, 3.05) is 13.1 Å². The molecule has 3 fully saturated rings. The zero-order valence-electron chi connectivity index (χ0n) is 14.0. The van der Waals surface area contributed by atoms with E-state index in [1.54, 1.807) is 0 Å². The van der Waals surface area contributed by atoms with Crippen LogP contribution in [0.15, 0.2) is 24.5 Å². The summed E-state index contributed by atoms with van der Waals surface area (Å²) in [6.45, 7) is 1.88. The number of aromatic nitrogens is 1. The molecule has 2 aliphatic carbocycles. The van der Waals surface area contributed by atoms with Crippen molar-refractivity contribution < 1.29 is 4.79 Å². The number of pyridine rings is 1. The van der Waals surface area contributed by atoms with Crippen molar-refractivity contribution in [1.29, 1.82) is 0 Å². The van der Waals surface area contributed by atoms with Gasteiger partial charge in [-0.3, -0.25) is 9.78 Å². The molecule has 1 aliphatic heterocycles. The van der Waals surface area contributed by atoms with Crippen LogP contribution in [0, 0.1) is 11.3 Å². The molecular formula is C20H28N2O. The molecular weight excluding hydrogens is 284 g/mol. The molecule has 2 heterocycles. The van der Waals surface area contributed by atoms with Crippen molar-refractivity contribution in [1.82, 2.24) is 9.88 Å². The van der Waals surface area contributed by atoms with Gasteiger partial charge in [-0.2, -0.15) is 0 Å². The lowest BCUT2D eigenvalue weighted by molar-refractivity contribution is -0.139. The highest BCUT2D eigenvalue weighted by Crippen LogP contribution is 2.52. The fraction of sp³-hybridized carbons (Fsp3) is 0.700. The summed E-state index contributed by atoms with van der Waals surface area (Å²) in [6, 6.07) is 4.25. The highest BCUT2D eigenvalue weighted by Gasteiger charge is 2.42. The number of likely N-dealkylation sites (tertiary alicyclic amines) is 1. The number of amides is 1. The van der Waals surface area contributed by atoms with Crippen LogP contribution in [0.1, 0.15) is 69.3 Å². The minimum absolute atomic E-state index is 0.318. The van der Waals surface area contributed by atoms with Crippen LogP contribution < -0.4 is 0 Å². The van der Waals surface area contributed by atoms with E-state index in [-0.39, 0.29) is 0 Å². The molecule has 4 rings (SSSR count). The van der Waals surface area contributed by atoms with Crippen LogP contribution in [0.2, 0.25) is 0 Å². The van der Waals surface area contributed by atoms with Gasteiger partial charge < -0.3 is 4.90 Å². The molecule has 3 heteroatoms. The molecule has 1 spiro atoms. The third-order valence-electron chi connectivity index (χ3n) is 6.79. The monoisotopic (exact) mass is 312 g/mol. The molecule has 3 nitrogen and oxygen atoms in total. The predicted molar refractivity (Wildman–Crippen MR) is 91.0 cm³/mol. The molecule has 0 atom stereocenters. The molecule has 0 unspecified atom stereocenters. The molecule has 1 aromatic rings. The maximum absolute atomic E-state index is 12.8. The van der Waals surface area contributed by atoms with Gasteiger partial charge in [0.05, 0.1) is 0 Å². The smallest absolute Gasteiger partial charge is 0.225 e. The molecule has 0 N–H and O–H groups in total. The molecule has 124 valence electrons. The summed E-state index contributed by atoms with van der Waals surface area (Å²) in [5.41, 5.74) is 2.04. The summed E-state index contributed by atoms with van der Waals surface area (Å²) in [6.07, 6.45) is 15.1. The van der Waals surface area contributed by atoms with Gasteiger partial charge in [-0.1, -0.05) is 6.42 Å². The van der Waals surface area contributed by atoms with Crippen LogP contribution in [0.4, 0.5) is 0 Å². The summed E-state index contributed by atoms with van der Waals surface area (Å²) >= 11 is 0. The fourth-order valence-corrected chi connectivity index (χ4v) is 4.98. The lowest BCUT2D eigenvalue weighted by Gasteiger charge is -2.47. The molecule has 0 aromatic carbocycles. The summed E-state index contributed by atoms with van der Waals surface area (Å²) < 4.78 is 0. The third kappa shape index (κ3) is 3.02. The quantitative estimate of drug-likeness (QED) is 0.822. The highest BCUT2D eigenvalue weighted by molar-refractivity contribution is 5.79. The van der Waals surface area contributed by atoms with E-state index in [1.807, 2.05) is 12.4 Å². The average Bonchev–Trinajstić information content (AvgIpc) is 2.61. The molecule has 2 saturated carbocycles. The number of piperidine rings is 1. The van der Waals surface area contributed by atoms with E-state index in [9.17, 15) is 4.79 Å². The first-order chi connectivity index (χ1) is 11.3. The Morgan fingerprint density at radius 2 is 1.65 bits per heavy atom. The summed E-state index contributed by atoms with van der Waals surface area (Å²) in [5, 5.41) is 0. The Morgan fingerprint density at radius 1 is 1.00 bits per heavy atom. The number of hydrogen-bond acceptors (Lipinski definition) is 2. The van der Waals surface area contributed by atoms with E-state index in [2.05, 4.69) is 22.0 Å². The van der Waals surface area contributed by atoms with Gasteiger partial charge in [0.2, 0.25) is 5.91 Å². The number of carbonyl (C=O) groups excluding carboxylic acids is 1. The first-order valence-electron chi connectivity index (χ1n) is 9.45. The Hall–Kier alpha value is -1.38. The van der Waals surface area contributed by atoms with Crippen LogP contribution in [-0.4, -0.2) is 28.9 Å². The van der Waals surface area contributed by atoms with Crippen LogP contribution in [0.5, 0.6) is 0 Å². The second-order valence-corrected chi connectivity index (χ2v) is 8.01. The van der Waals surface area contributed by atoms with Gasteiger partial charge in [0.25, 0.3) is 0 Å². The van der Waals surface area contributed by atoms with Gasteiger partial charge in [0, 0.05) is 31.4 Å². The first-order valence-corrected chi connectivity index (χ1v) is 9.45. The Bertz CT molecular complexity index is 534. The van der Waals surface area contributed by atoms with Gasteiger partial charge in [-0.15, -0.1) is 0 Å². The van der Waals surface area contributed by atoms with E-state index < -0.39 is 0 Å². The zero-order valence-corrected chi connectivity index (χ0v) is 14.0. The molecule has 3 aliphatic rings. The molecule has 23 heavy (non-hydrogen) atoms. The van der Waals surface area contributed by atoms with Crippen LogP contribution in [0.3, 0.4) is 0 Å². The van der Waals surface area contributed by atoms with Gasteiger partial charge in [0.1, 0.15) is 0 Å². The van der Waals surface area contributed by atoms with E-state index in [0.29, 0.717) is 23.2 Å². The fourth-order valence-electron chi connectivity index (χ4n) is 4.98. The molecule has 1 aromatic heterocycles. The van der Waals surface area contributed by atoms with Gasteiger partial charge in [-0.05, 0) is 80.4 Å². The van der Waals surface area contributed by atoms with Crippen molar-refractivity contribution in [3.8, 4) is 0 Å². The molecule has 1 amide bonds. The maximum atomic E-state index is 12.8. The van der Waals surface area contributed by atoms with Crippen molar-refractivity contribution in [3.05, 3.63) is 30.1 Å². The molecule has 1 saturated heterocycles. The second kappa shape index (κ2) is 6.26. The predicted octanol–water partition coefficient (Wildman–Crippen LogP) is 4.15. The topological polar surface area (TPSA) is 33.2 Å². The SMILES string of the molecule is O=C(C1CCC2(CCC2)CC1)N1CCC(c2ccncc2)CC1. The standard InChI is InChI=1S/C20H28N2O/c23-19(18-2-10-20(11-3-18)8-1-9-20)22-14-6-17(7-15-22)16-4-12-21-13-5-16/h4-5,12-13,17-18H,1-3,6-11,14-15H2. The van der Waals surface area contributed by atoms with E-state index in [1.165, 1.54) is 37.7 Å². The Balaban J connectivity index is 1.29. The van der Waals surface area contributed by atoms with Crippen LogP contribution in [0.25, 0.3) is 0 Å². The van der Waals surface area contributed by atoms with Crippen molar-refractivity contribution >= 4 is 5.91 Å². The molecule has 0 bridgehead atoms. The number of nitrogens with zero attached hydrogens (tertiary/aromatic N) is 2. The van der Waals surface area contributed by atoms with Crippen LogP contribution >= 0.6 is 0 Å². The Kier molecular flexibility index (Phi) is 4.13. The maximum Gasteiger partial charge on any atom is 0.225 e. The minimum atomic E-state index is 0.318. The second-order valence-electron chi connectivity index (χ2n) is 8.01. The van der Waals surface area contributed by atoms with Crippen LogP contribution in [-0.2, 0) is 4.79 Å². The first kappa shape index (κ1) is 15.2. The zero-order chi connectivity index (χ0) is 15.7. The highest BCUT2D eigenvalue weighted by atomic mass is 16.2. The number of hydrogen-bond donors (Lipinski definition) is 0. The van der Waals surface area contributed by atoms with E-state index >= 15 is 0 Å². The van der Waals surface area contributed by atoms with Crippen molar-refractivity contribution in [3.63, 3.8) is 0 Å². The Morgan fingerprint density at radius 3 is 2.22 bits per heavy atom. The Labute approximate surface area is 139 Å². The summed E-state index contributed by atoms with van der Waals surface area (Å²) in [5.74, 6) is 1.37. The lowest BCUT2D eigenvalue weighted by Crippen LogP contribution is -2.44. The van der Waals surface area contributed by atoms with Gasteiger partial charge in [-0.25, -0.2) is 0 Å². The van der Waals surface area contributed by atoms with Crippen molar-refractivity contribution in [2.45, 2.75) is 63.7 Å². The minimum Gasteiger partial charge on any atom is -0.342 e. The van der Waals surface area contributed by atoms with Gasteiger partial charge >= 0.3 is 0 Å². The van der Waals surface area contributed by atoms with Crippen molar-refractivity contribution in [2.24, 2.45) is 11.3 Å². The third-order valence-corrected chi connectivity index (χ3v) is 6.79. The normalized spacial score (nSPS) is 25.3.